The maximum atomic E-state index is 12.3. The summed E-state index contributed by atoms with van der Waals surface area (Å²) >= 11 is 0. The van der Waals surface area contributed by atoms with Gasteiger partial charge in [-0.1, -0.05) is 0 Å². The van der Waals surface area contributed by atoms with Gasteiger partial charge in [-0.3, -0.25) is 4.79 Å². The van der Waals surface area contributed by atoms with E-state index in [0.717, 1.165) is 19.4 Å². The smallest absolute Gasteiger partial charge is 0.244 e. The van der Waals surface area contributed by atoms with E-state index in [4.69, 9.17) is 9.47 Å². The summed E-state index contributed by atoms with van der Waals surface area (Å²) in [6, 6.07) is 5.40. The van der Waals surface area contributed by atoms with Crippen LogP contribution in [-0.2, 0) is 4.79 Å². The Bertz CT molecular complexity index is 482. The van der Waals surface area contributed by atoms with Gasteiger partial charge in [-0.2, -0.15) is 0 Å². The number of nitrogens with one attached hydrogen (secondary N) is 2. The number of ether oxygens (including phenoxy) is 2. The van der Waals surface area contributed by atoms with E-state index < -0.39 is 5.54 Å². The molecule has 20 heavy (non-hydrogen) atoms. The molecule has 1 aromatic rings. The van der Waals surface area contributed by atoms with Gasteiger partial charge in [0.1, 0.15) is 0 Å². The van der Waals surface area contributed by atoms with Crippen molar-refractivity contribution in [2.45, 2.75) is 32.2 Å². The Labute approximate surface area is 119 Å². The molecule has 1 saturated heterocycles. The molecule has 1 aromatic carbocycles. The van der Waals surface area contributed by atoms with Crippen LogP contribution in [0.1, 0.15) is 26.7 Å². The van der Waals surface area contributed by atoms with Gasteiger partial charge in [-0.05, 0) is 45.4 Å². The molecule has 0 aliphatic carbocycles. The molecule has 0 radical (unpaired) electrons. The van der Waals surface area contributed by atoms with Crippen molar-refractivity contribution in [1.29, 1.82) is 0 Å². The van der Waals surface area contributed by atoms with Crippen LogP contribution in [-0.4, -0.2) is 31.7 Å². The van der Waals surface area contributed by atoms with Crippen molar-refractivity contribution in [3.05, 3.63) is 18.2 Å². The molecule has 1 aliphatic rings. The van der Waals surface area contributed by atoms with E-state index in [9.17, 15) is 4.79 Å². The van der Waals surface area contributed by atoms with Crippen LogP contribution in [0.25, 0.3) is 0 Å². The van der Waals surface area contributed by atoms with Crippen LogP contribution in [0.3, 0.4) is 0 Å². The third-order valence-corrected chi connectivity index (χ3v) is 3.59. The molecular weight excluding hydrogens is 256 g/mol. The van der Waals surface area contributed by atoms with Crippen LogP contribution in [0, 0.1) is 0 Å². The molecule has 2 rings (SSSR count). The zero-order valence-electron chi connectivity index (χ0n) is 12.3. The Hall–Kier alpha value is -1.75. The van der Waals surface area contributed by atoms with E-state index in [1.165, 1.54) is 0 Å². The molecule has 1 amide bonds. The van der Waals surface area contributed by atoms with Gasteiger partial charge in [0.25, 0.3) is 0 Å². The number of amides is 1. The largest absolute Gasteiger partial charge is 0.493 e. The first-order valence-corrected chi connectivity index (χ1v) is 6.96. The molecular formula is C15H22N2O3. The van der Waals surface area contributed by atoms with E-state index in [-0.39, 0.29) is 5.91 Å². The molecule has 1 unspecified atom stereocenters. The van der Waals surface area contributed by atoms with Gasteiger partial charge in [0, 0.05) is 11.8 Å². The summed E-state index contributed by atoms with van der Waals surface area (Å²) < 4.78 is 10.7. The number of carbonyl (C=O) groups is 1. The van der Waals surface area contributed by atoms with E-state index >= 15 is 0 Å². The Kier molecular flexibility index (Phi) is 4.49. The summed E-state index contributed by atoms with van der Waals surface area (Å²) in [6.45, 7) is 5.28. The zero-order valence-corrected chi connectivity index (χ0v) is 12.3. The molecule has 0 saturated carbocycles. The minimum Gasteiger partial charge on any atom is -0.493 e. The lowest BCUT2D eigenvalue weighted by molar-refractivity contribution is -0.121. The first-order valence-electron chi connectivity index (χ1n) is 6.96. The zero-order chi connectivity index (χ0) is 14.6. The third kappa shape index (κ3) is 3.04. The quantitative estimate of drug-likeness (QED) is 0.866. The van der Waals surface area contributed by atoms with Gasteiger partial charge in [0.05, 0.1) is 19.3 Å². The van der Waals surface area contributed by atoms with Gasteiger partial charge in [-0.15, -0.1) is 0 Å². The van der Waals surface area contributed by atoms with Gasteiger partial charge < -0.3 is 20.1 Å². The minimum atomic E-state index is -0.480. The molecule has 1 heterocycles. The number of rotatable bonds is 5. The fourth-order valence-electron chi connectivity index (χ4n) is 2.38. The van der Waals surface area contributed by atoms with Gasteiger partial charge >= 0.3 is 0 Å². The molecule has 2 N–H and O–H groups in total. The summed E-state index contributed by atoms with van der Waals surface area (Å²) in [5.74, 6) is 1.29. The topological polar surface area (TPSA) is 59.6 Å². The maximum absolute atomic E-state index is 12.3. The van der Waals surface area contributed by atoms with E-state index in [2.05, 4.69) is 10.6 Å². The molecule has 0 spiro atoms. The molecule has 0 aromatic heterocycles. The Morgan fingerprint density at radius 1 is 1.45 bits per heavy atom. The summed E-state index contributed by atoms with van der Waals surface area (Å²) in [6.07, 6.45) is 1.88. The summed E-state index contributed by atoms with van der Waals surface area (Å²) in [4.78, 5) is 12.3. The lowest BCUT2D eigenvalue weighted by Crippen LogP contribution is -2.47. The fraction of sp³-hybridized carbons (Fsp3) is 0.533. The maximum Gasteiger partial charge on any atom is 0.244 e. The molecule has 1 atom stereocenters. The number of hydrogen-bond donors (Lipinski definition) is 2. The van der Waals surface area contributed by atoms with Crippen LogP contribution >= 0.6 is 0 Å². The monoisotopic (exact) mass is 278 g/mol. The second kappa shape index (κ2) is 6.13. The number of carbonyl (C=O) groups excluding carboxylic acids is 1. The van der Waals surface area contributed by atoms with E-state index in [1.807, 2.05) is 19.9 Å². The standard InChI is InChI=1S/C15H22N2O3/c1-4-20-13-10-11(6-7-12(13)19-3)17-14(18)15(2)8-5-9-16-15/h6-7,10,16H,4-5,8-9H2,1-3H3,(H,17,18). The van der Waals surface area contributed by atoms with E-state index in [1.54, 1.807) is 19.2 Å². The van der Waals surface area contributed by atoms with Gasteiger partial charge in [0.15, 0.2) is 11.5 Å². The second-order valence-corrected chi connectivity index (χ2v) is 5.12. The van der Waals surface area contributed by atoms with Crippen molar-refractivity contribution >= 4 is 11.6 Å². The van der Waals surface area contributed by atoms with Crippen molar-refractivity contribution in [1.82, 2.24) is 5.32 Å². The highest BCUT2D eigenvalue weighted by Crippen LogP contribution is 2.31. The summed E-state index contributed by atoms with van der Waals surface area (Å²) in [7, 11) is 1.60. The molecule has 5 heteroatoms. The average Bonchev–Trinajstić information content (AvgIpc) is 2.88. The van der Waals surface area contributed by atoms with Crippen molar-refractivity contribution in [3.63, 3.8) is 0 Å². The summed E-state index contributed by atoms with van der Waals surface area (Å²) in [5, 5.41) is 6.18. The Balaban J connectivity index is 2.13. The van der Waals surface area contributed by atoms with Crippen LogP contribution in [0.5, 0.6) is 11.5 Å². The van der Waals surface area contributed by atoms with Crippen molar-refractivity contribution in [2.24, 2.45) is 0 Å². The Morgan fingerprint density at radius 2 is 2.25 bits per heavy atom. The van der Waals surface area contributed by atoms with E-state index in [0.29, 0.717) is 23.8 Å². The highest BCUT2D eigenvalue weighted by molar-refractivity contribution is 5.98. The normalized spacial score (nSPS) is 21.6. The number of methoxy groups -OCH3 is 1. The van der Waals surface area contributed by atoms with Crippen LogP contribution in [0.4, 0.5) is 5.69 Å². The lowest BCUT2D eigenvalue weighted by Gasteiger charge is -2.23. The third-order valence-electron chi connectivity index (χ3n) is 3.59. The summed E-state index contributed by atoms with van der Waals surface area (Å²) in [5.41, 5.74) is 0.236. The van der Waals surface area contributed by atoms with Crippen LogP contribution in [0.15, 0.2) is 18.2 Å². The molecule has 1 aliphatic heterocycles. The number of anilines is 1. The van der Waals surface area contributed by atoms with Gasteiger partial charge in [-0.25, -0.2) is 0 Å². The minimum absolute atomic E-state index is 0.0115. The highest BCUT2D eigenvalue weighted by Gasteiger charge is 2.35. The van der Waals surface area contributed by atoms with Crippen molar-refractivity contribution < 1.29 is 14.3 Å². The predicted octanol–water partition coefficient (Wildman–Crippen LogP) is 2.17. The second-order valence-electron chi connectivity index (χ2n) is 5.12. The first-order chi connectivity index (χ1) is 9.59. The molecule has 110 valence electrons. The lowest BCUT2D eigenvalue weighted by atomic mass is 9.99. The number of benzene rings is 1. The van der Waals surface area contributed by atoms with Crippen LogP contribution in [0.2, 0.25) is 0 Å². The first kappa shape index (κ1) is 14.7. The predicted molar refractivity (Wildman–Crippen MR) is 78.4 cm³/mol. The fourth-order valence-corrected chi connectivity index (χ4v) is 2.38. The molecule has 1 fully saturated rings. The molecule has 0 bridgehead atoms. The molecule has 5 nitrogen and oxygen atoms in total. The SMILES string of the molecule is CCOc1cc(NC(=O)C2(C)CCCN2)ccc1OC. The van der Waals surface area contributed by atoms with Crippen molar-refractivity contribution in [3.8, 4) is 11.5 Å². The van der Waals surface area contributed by atoms with Crippen molar-refractivity contribution in [2.75, 3.05) is 25.6 Å². The van der Waals surface area contributed by atoms with Gasteiger partial charge in [0.2, 0.25) is 5.91 Å². The van der Waals surface area contributed by atoms with Crippen LogP contribution < -0.4 is 20.1 Å². The highest BCUT2D eigenvalue weighted by atomic mass is 16.5. The average molecular weight is 278 g/mol. The Morgan fingerprint density at radius 3 is 2.85 bits per heavy atom. The number of hydrogen-bond acceptors (Lipinski definition) is 4.